The maximum Gasteiger partial charge on any atom is 0.354 e. The summed E-state index contributed by atoms with van der Waals surface area (Å²) in [5.41, 5.74) is 1.84. The van der Waals surface area contributed by atoms with E-state index >= 15 is 0 Å². The summed E-state index contributed by atoms with van der Waals surface area (Å²) in [6.45, 7) is 4.75. The number of imidazole rings is 1. The van der Waals surface area contributed by atoms with E-state index in [4.69, 9.17) is 5.11 Å². The van der Waals surface area contributed by atoms with Crippen LogP contribution in [0.1, 0.15) is 46.3 Å². The number of rotatable bonds is 5. The maximum atomic E-state index is 12.1. The number of hydrogen-bond acceptors (Lipinski definition) is 4. The number of piperidine rings is 1. The van der Waals surface area contributed by atoms with Crippen molar-refractivity contribution in [2.45, 2.75) is 26.3 Å². The molecule has 1 fully saturated rings. The second kappa shape index (κ2) is 7.38. The van der Waals surface area contributed by atoms with Crippen LogP contribution in [-0.4, -0.2) is 40.0 Å². The van der Waals surface area contributed by atoms with E-state index in [2.05, 4.69) is 39.2 Å². The van der Waals surface area contributed by atoms with Gasteiger partial charge in [-0.25, -0.2) is 9.78 Å². The fourth-order valence-corrected chi connectivity index (χ4v) is 3.14. The van der Waals surface area contributed by atoms with Gasteiger partial charge >= 0.3 is 5.97 Å². The third kappa shape index (κ3) is 3.99. The number of nitrogens with one attached hydrogen (secondary N) is 2. The lowest BCUT2D eigenvalue weighted by molar-refractivity contribution is 0.0685. The Morgan fingerprint density at radius 3 is 2.80 bits per heavy atom. The van der Waals surface area contributed by atoms with E-state index in [0.717, 1.165) is 18.7 Å². The summed E-state index contributed by atoms with van der Waals surface area (Å²) in [7, 11) is 0. The van der Waals surface area contributed by atoms with Crippen LogP contribution in [0.15, 0.2) is 30.6 Å². The minimum absolute atomic E-state index is 0.105. The Morgan fingerprint density at radius 2 is 2.12 bits per heavy atom. The molecule has 0 aliphatic carbocycles. The number of aromatic nitrogens is 2. The summed E-state index contributed by atoms with van der Waals surface area (Å²) >= 11 is 0. The number of benzene rings is 1. The predicted octanol–water partition coefficient (Wildman–Crippen LogP) is 2.27. The molecule has 7 nitrogen and oxygen atoms in total. The van der Waals surface area contributed by atoms with E-state index in [1.165, 1.54) is 24.9 Å². The third-order valence-electron chi connectivity index (χ3n) is 4.48. The van der Waals surface area contributed by atoms with E-state index in [1.807, 2.05) is 12.1 Å². The quantitative estimate of drug-likeness (QED) is 0.774. The largest absolute Gasteiger partial charge is 0.477 e. The molecule has 1 amide bonds. The highest BCUT2D eigenvalue weighted by Gasteiger charge is 2.19. The molecule has 2 aromatic rings. The third-order valence-corrected chi connectivity index (χ3v) is 4.48. The molecule has 132 valence electrons. The van der Waals surface area contributed by atoms with Gasteiger partial charge in [-0.05, 0) is 36.5 Å². The number of nitrogens with zero attached hydrogens (tertiary/aromatic N) is 2. The van der Waals surface area contributed by atoms with Gasteiger partial charge in [0, 0.05) is 25.3 Å². The fraction of sp³-hybridized carbons (Fsp3) is 0.389. The zero-order valence-electron chi connectivity index (χ0n) is 14.2. The number of anilines is 1. The Balaban J connectivity index is 1.59. The average molecular weight is 342 g/mol. The summed E-state index contributed by atoms with van der Waals surface area (Å²) < 4.78 is 0. The molecule has 1 aromatic heterocycles. The topological polar surface area (TPSA) is 98.3 Å². The molecule has 25 heavy (non-hydrogen) atoms. The van der Waals surface area contributed by atoms with Crippen molar-refractivity contribution < 1.29 is 14.7 Å². The molecule has 2 heterocycles. The number of carboxylic acids is 1. The first kappa shape index (κ1) is 17.0. The van der Waals surface area contributed by atoms with E-state index in [0.29, 0.717) is 12.5 Å². The van der Waals surface area contributed by atoms with E-state index in [9.17, 15) is 9.59 Å². The molecular formula is C18H22N4O3. The van der Waals surface area contributed by atoms with Crippen molar-refractivity contribution in [3.63, 3.8) is 0 Å². The molecule has 0 spiro atoms. The standard InChI is InChI=1S/C18H22N4O3/c1-12-3-2-8-22(10-12)14-6-4-13(5-7-14)9-19-17(23)15-16(18(24)25)21-11-20-15/h4-7,11-12H,2-3,8-10H2,1H3,(H,19,23)(H,20,21)(H,24,25). The molecule has 1 unspecified atom stereocenters. The second-order valence-corrected chi connectivity index (χ2v) is 6.47. The Hall–Kier alpha value is -2.83. The van der Waals surface area contributed by atoms with Gasteiger partial charge in [0.15, 0.2) is 11.4 Å². The highest BCUT2D eigenvalue weighted by Crippen LogP contribution is 2.23. The van der Waals surface area contributed by atoms with Crippen LogP contribution in [0, 0.1) is 5.92 Å². The first-order valence-corrected chi connectivity index (χ1v) is 8.43. The van der Waals surface area contributed by atoms with Gasteiger partial charge in [-0.15, -0.1) is 0 Å². The van der Waals surface area contributed by atoms with Crippen LogP contribution < -0.4 is 10.2 Å². The number of carbonyl (C=O) groups is 2. The molecule has 1 saturated heterocycles. The molecule has 0 bridgehead atoms. The molecule has 1 aliphatic rings. The van der Waals surface area contributed by atoms with Gasteiger partial charge in [0.05, 0.1) is 6.33 Å². The van der Waals surface area contributed by atoms with Crippen molar-refractivity contribution in [3.8, 4) is 0 Å². The van der Waals surface area contributed by atoms with Gasteiger partial charge in [-0.2, -0.15) is 0 Å². The Kier molecular flexibility index (Phi) is 5.02. The lowest BCUT2D eigenvalue weighted by atomic mass is 9.99. The van der Waals surface area contributed by atoms with Crippen LogP contribution in [0.3, 0.4) is 0 Å². The van der Waals surface area contributed by atoms with Crippen LogP contribution in [0.25, 0.3) is 0 Å². The van der Waals surface area contributed by atoms with Crippen molar-refractivity contribution in [2.24, 2.45) is 5.92 Å². The van der Waals surface area contributed by atoms with Crippen LogP contribution in [0.5, 0.6) is 0 Å². The minimum atomic E-state index is -1.21. The SMILES string of the molecule is CC1CCCN(c2ccc(CNC(=O)c3nc[nH]c3C(=O)O)cc2)C1. The first-order chi connectivity index (χ1) is 12.0. The normalized spacial score (nSPS) is 17.3. The van der Waals surface area contributed by atoms with Crippen LogP contribution in [-0.2, 0) is 6.54 Å². The molecule has 1 aliphatic heterocycles. The summed E-state index contributed by atoms with van der Waals surface area (Å²) in [6, 6.07) is 8.10. The number of hydrogen-bond donors (Lipinski definition) is 3. The summed E-state index contributed by atoms with van der Waals surface area (Å²) in [5, 5.41) is 11.7. The van der Waals surface area contributed by atoms with Crippen molar-refractivity contribution >= 4 is 17.6 Å². The summed E-state index contributed by atoms with van der Waals surface area (Å²) in [5.74, 6) is -1.000. The highest BCUT2D eigenvalue weighted by molar-refractivity contribution is 6.02. The molecule has 3 rings (SSSR count). The number of carbonyl (C=O) groups excluding carboxylic acids is 1. The molecule has 0 radical (unpaired) electrons. The molecular weight excluding hydrogens is 320 g/mol. The van der Waals surface area contributed by atoms with Crippen LogP contribution in [0.4, 0.5) is 5.69 Å². The van der Waals surface area contributed by atoms with Crippen molar-refractivity contribution in [1.29, 1.82) is 0 Å². The Bertz CT molecular complexity index is 754. The number of carboxylic acid groups (broad SMARTS) is 1. The Labute approximate surface area is 146 Å². The monoisotopic (exact) mass is 342 g/mol. The number of aromatic amines is 1. The van der Waals surface area contributed by atoms with Crippen LogP contribution in [0.2, 0.25) is 0 Å². The molecule has 0 saturated carbocycles. The number of aromatic carboxylic acids is 1. The smallest absolute Gasteiger partial charge is 0.354 e. The van der Waals surface area contributed by atoms with Crippen LogP contribution >= 0.6 is 0 Å². The van der Waals surface area contributed by atoms with Gasteiger partial charge in [0.1, 0.15) is 0 Å². The van der Waals surface area contributed by atoms with Gasteiger partial charge in [-0.1, -0.05) is 19.1 Å². The number of H-pyrrole nitrogens is 1. The average Bonchev–Trinajstić information content (AvgIpc) is 3.10. The van der Waals surface area contributed by atoms with E-state index in [1.54, 1.807) is 0 Å². The maximum absolute atomic E-state index is 12.1. The fourth-order valence-electron chi connectivity index (χ4n) is 3.14. The molecule has 1 aromatic carbocycles. The van der Waals surface area contributed by atoms with Gasteiger partial charge in [-0.3, -0.25) is 4.79 Å². The van der Waals surface area contributed by atoms with E-state index in [-0.39, 0.29) is 11.4 Å². The Morgan fingerprint density at radius 1 is 1.36 bits per heavy atom. The zero-order valence-corrected chi connectivity index (χ0v) is 14.2. The van der Waals surface area contributed by atoms with Crippen molar-refractivity contribution in [1.82, 2.24) is 15.3 Å². The van der Waals surface area contributed by atoms with Gasteiger partial charge in [0.25, 0.3) is 5.91 Å². The van der Waals surface area contributed by atoms with Gasteiger partial charge < -0.3 is 20.3 Å². The first-order valence-electron chi connectivity index (χ1n) is 8.43. The zero-order chi connectivity index (χ0) is 17.8. The van der Waals surface area contributed by atoms with Crippen molar-refractivity contribution in [3.05, 3.63) is 47.5 Å². The summed E-state index contributed by atoms with van der Waals surface area (Å²) in [4.78, 5) is 31.7. The second-order valence-electron chi connectivity index (χ2n) is 6.47. The lowest BCUT2D eigenvalue weighted by Gasteiger charge is -2.32. The molecule has 3 N–H and O–H groups in total. The molecule has 7 heteroatoms. The highest BCUT2D eigenvalue weighted by atomic mass is 16.4. The minimum Gasteiger partial charge on any atom is -0.477 e. The van der Waals surface area contributed by atoms with Crippen molar-refractivity contribution in [2.75, 3.05) is 18.0 Å². The predicted molar refractivity (Wildman–Crippen MR) is 93.8 cm³/mol. The molecule has 1 atom stereocenters. The van der Waals surface area contributed by atoms with E-state index < -0.39 is 11.9 Å². The number of amides is 1. The van der Waals surface area contributed by atoms with Gasteiger partial charge in [0.2, 0.25) is 0 Å². The summed E-state index contributed by atoms with van der Waals surface area (Å²) in [6.07, 6.45) is 3.70. The lowest BCUT2D eigenvalue weighted by Crippen LogP contribution is -2.34.